The Labute approximate surface area is 123 Å². The number of ether oxygens (including phenoxy) is 1. The zero-order valence-electron chi connectivity index (χ0n) is 12.5. The molecule has 1 saturated heterocycles. The van der Waals surface area contributed by atoms with Crippen LogP contribution in [0.25, 0.3) is 0 Å². The van der Waals surface area contributed by atoms with Gasteiger partial charge in [0.2, 0.25) is 0 Å². The summed E-state index contributed by atoms with van der Waals surface area (Å²) in [5.41, 5.74) is 5.17. The van der Waals surface area contributed by atoms with Gasteiger partial charge < -0.3 is 10.5 Å². The van der Waals surface area contributed by atoms with Crippen molar-refractivity contribution in [2.75, 3.05) is 13.2 Å². The van der Waals surface area contributed by atoms with Crippen molar-refractivity contribution < 1.29 is 17.9 Å². The summed E-state index contributed by atoms with van der Waals surface area (Å²) >= 11 is 0. The SMILES string of the molecule is CC1(C)CC(CCN)(c2cccc(C(F)(F)F)c2)CCO1. The Kier molecular flexibility index (Phi) is 4.36. The fraction of sp³-hybridized carbons (Fsp3) is 0.625. The number of rotatable bonds is 3. The molecule has 1 aliphatic heterocycles. The second kappa shape index (κ2) is 5.61. The van der Waals surface area contributed by atoms with Crippen LogP contribution in [-0.2, 0) is 16.3 Å². The summed E-state index contributed by atoms with van der Waals surface area (Å²) in [4.78, 5) is 0. The van der Waals surface area contributed by atoms with Crippen molar-refractivity contribution in [1.29, 1.82) is 0 Å². The molecule has 0 saturated carbocycles. The molecule has 1 aromatic carbocycles. The summed E-state index contributed by atoms with van der Waals surface area (Å²) < 4.78 is 44.6. The van der Waals surface area contributed by atoms with Gasteiger partial charge in [-0.1, -0.05) is 18.2 Å². The second-order valence-corrected chi connectivity index (χ2v) is 6.43. The van der Waals surface area contributed by atoms with Gasteiger partial charge in [-0.15, -0.1) is 0 Å². The number of halogens is 3. The molecule has 1 atom stereocenters. The predicted octanol–water partition coefficient (Wildman–Crippen LogP) is 3.88. The van der Waals surface area contributed by atoms with Crippen molar-refractivity contribution in [3.8, 4) is 0 Å². The van der Waals surface area contributed by atoms with E-state index in [1.807, 2.05) is 13.8 Å². The van der Waals surface area contributed by atoms with Gasteiger partial charge in [0.05, 0.1) is 11.2 Å². The third-order valence-electron chi connectivity index (χ3n) is 4.26. The monoisotopic (exact) mass is 301 g/mol. The highest BCUT2D eigenvalue weighted by Crippen LogP contribution is 2.44. The van der Waals surface area contributed by atoms with E-state index in [1.54, 1.807) is 6.07 Å². The molecule has 2 N–H and O–H groups in total. The van der Waals surface area contributed by atoms with Gasteiger partial charge in [0, 0.05) is 12.0 Å². The van der Waals surface area contributed by atoms with Crippen LogP contribution >= 0.6 is 0 Å². The summed E-state index contributed by atoms with van der Waals surface area (Å²) in [5, 5.41) is 0. The lowest BCUT2D eigenvalue weighted by Gasteiger charge is -2.45. The van der Waals surface area contributed by atoms with Crippen LogP contribution in [-0.4, -0.2) is 18.8 Å². The molecule has 0 aliphatic carbocycles. The highest BCUT2D eigenvalue weighted by Gasteiger charge is 2.42. The van der Waals surface area contributed by atoms with Crippen LogP contribution in [0.4, 0.5) is 13.2 Å². The fourth-order valence-electron chi connectivity index (χ4n) is 3.38. The lowest BCUT2D eigenvalue weighted by Crippen LogP contribution is -2.45. The van der Waals surface area contributed by atoms with E-state index in [2.05, 4.69) is 0 Å². The molecule has 5 heteroatoms. The quantitative estimate of drug-likeness (QED) is 0.919. The number of benzene rings is 1. The van der Waals surface area contributed by atoms with E-state index >= 15 is 0 Å². The highest BCUT2D eigenvalue weighted by molar-refractivity contribution is 5.33. The number of hydrogen-bond acceptors (Lipinski definition) is 2. The first kappa shape index (κ1) is 16.3. The predicted molar refractivity (Wildman–Crippen MR) is 76.1 cm³/mol. The maximum absolute atomic E-state index is 12.9. The summed E-state index contributed by atoms with van der Waals surface area (Å²) in [6.07, 6.45) is -2.27. The summed E-state index contributed by atoms with van der Waals surface area (Å²) in [5.74, 6) is 0. The molecule has 0 amide bonds. The Hall–Kier alpha value is -1.07. The molecule has 2 rings (SSSR count). The Morgan fingerprint density at radius 3 is 2.57 bits per heavy atom. The Bertz CT molecular complexity index is 495. The van der Waals surface area contributed by atoms with E-state index in [1.165, 1.54) is 12.1 Å². The second-order valence-electron chi connectivity index (χ2n) is 6.43. The van der Waals surface area contributed by atoms with Crippen molar-refractivity contribution in [1.82, 2.24) is 0 Å². The Morgan fingerprint density at radius 1 is 1.29 bits per heavy atom. The van der Waals surface area contributed by atoms with Gasteiger partial charge in [0.15, 0.2) is 0 Å². The minimum atomic E-state index is -4.32. The summed E-state index contributed by atoms with van der Waals surface area (Å²) in [6, 6.07) is 5.66. The van der Waals surface area contributed by atoms with E-state index < -0.39 is 11.7 Å². The average molecular weight is 301 g/mol. The fourth-order valence-corrected chi connectivity index (χ4v) is 3.38. The van der Waals surface area contributed by atoms with Crippen molar-refractivity contribution in [3.05, 3.63) is 35.4 Å². The summed E-state index contributed by atoms with van der Waals surface area (Å²) in [6.45, 7) is 4.95. The molecule has 0 bridgehead atoms. The highest BCUT2D eigenvalue weighted by atomic mass is 19.4. The number of alkyl halides is 3. The molecular formula is C16H22F3NO. The minimum Gasteiger partial charge on any atom is -0.376 e. The smallest absolute Gasteiger partial charge is 0.376 e. The average Bonchev–Trinajstić information content (AvgIpc) is 2.37. The van der Waals surface area contributed by atoms with Crippen LogP contribution in [0.5, 0.6) is 0 Å². The molecule has 0 aromatic heterocycles. The van der Waals surface area contributed by atoms with E-state index in [0.717, 1.165) is 11.6 Å². The van der Waals surface area contributed by atoms with E-state index in [4.69, 9.17) is 10.5 Å². The topological polar surface area (TPSA) is 35.2 Å². The molecule has 1 unspecified atom stereocenters. The van der Waals surface area contributed by atoms with Crippen molar-refractivity contribution in [3.63, 3.8) is 0 Å². The van der Waals surface area contributed by atoms with Gasteiger partial charge in [-0.25, -0.2) is 0 Å². The largest absolute Gasteiger partial charge is 0.416 e. The maximum atomic E-state index is 12.9. The van der Waals surface area contributed by atoms with E-state index in [0.29, 0.717) is 32.4 Å². The lowest BCUT2D eigenvalue weighted by molar-refractivity contribution is -0.137. The van der Waals surface area contributed by atoms with Crippen LogP contribution in [0.3, 0.4) is 0 Å². The van der Waals surface area contributed by atoms with Crippen molar-refractivity contribution in [2.45, 2.75) is 50.3 Å². The zero-order valence-corrected chi connectivity index (χ0v) is 12.5. The molecule has 0 radical (unpaired) electrons. The van der Waals surface area contributed by atoms with E-state index in [9.17, 15) is 13.2 Å². The molecule has 1 aromatic rings. The molecule has 2 nitrogen and oxygen atoms in total. The molecule has 1 aliphatic rings. The van der Waals surface area contributed by atoms with Crippen LogP contribution in [0, 0.1) is 0 Å². The van der Waals surface area contributed by atoms with Gasteiger partial charge in [-0.2, -0.15) is 13.2 Å². The first-order chi connectivity index (χ1) is 9.69. The Morgan fingerprint density at radius 2 is 2.00 bits per heavy atom. The van der Waals surface area contributed by atoms with Crippen LogP contribution in [0.15, 0.2) is 24.3 Å². The van der Waals surface area contributed by atoms with Gasteiger partial charge in [0.25, 0.3) is 0 Å². The van der Waals surface area contributed by atoms with Gasteiger partial charge in [-0.05, 0) is 51.3 Å². The van der Waals surface area contributed by atoms with Crippen molar-refractivity contribution in [2.24, 2.45) is 5.73 Å². The lowest BCUT2D eigenvalue weighted by atomic mass is 9.67. The molecule has 21 heavy (non-hydrogen) atoms. The maximum Gasteiger partial charge on any atom is 0.416 e. The van der Waals surface area contributed by atoms with Crippen molar-refractivity contribution >= 4 is 0 Å². The van der Waals surface area contributed by atoms with E-state index in [-0.39, 0.29) is 11.0 Å². The molecule has 1 heterocycles. The number of hydrogen-bond donors (Lipinski definition) is 1. The normalized spacial score (nSPS) is 25.8. The Balaban J connectivity index is 2.43. The first-order valence-electron chi connectivity index (χ1n) is 7.20. The van der Waals surface area contributed by atoms with Gasteiger partial charge in [0.1, 0.15) is 0 Å². The van der Waals surface area contributed by atoms with Crippen LogP contribution < -0.4 is 5.73 Å². The third-order valence-corrected chi connectivity index (χ3v) is 4.26. The van der Waals surface area contributed by atoms with Crippen LogP contribution in [0.1, 0.15) is 44.2 Å². The third kappa shape index (κ3) is 3.58. The minimum absolute atomic E-state index is 0.336. The van der Waals surface area contributed by atoms with Gasteiger partial charge >= 0.3 is 6.18 Å². The first-order valence-corrected chi connectivity index (χ1v) is 7.20. The number of nitrogens with two attached hydrogens (primary N) is 1. The molecule has 0 spiro atoms. The summed E-state index contributed by atoms with van der Waals surface area (Å²) in [7, 11) is 0. The zero-order chi connectivity index (χ0) is 15.7. The standard InChI is InChI=1S/C16H22F3NO/c1-14(2)11-15(6-8-20,7-9-21-14)12-4-3-5-13(10-12)16(17,18)19/h3-5,10H,6-9,11,20H2,1-2H3. The molecule has 118 valence electrons. The van der Waals surface area contributed by atoms with Gasteiger partial charge in [-0.3, -0.25) is 0 Å². The molecular weight excluding hydrogens is 279 g/mol. The van der Waals surface area contributed by atoms with Crippen LogP contribution in [0.2, 0.25) is 0 Å². The molecule has 1 fully saturated rings.